The summed E-state index contributed by atoms with van der Waals surface area (Å²) in [5.74, 6) is -1.97. The molecule has 6 rings (SSSR count). The maximum absolute atomic E-state index is 15.2. The van der Waals surface area contributed by atoms with Crippen LogP contribution in [0.4, 0.5) is 9.52 Å². The number of aliphatic hydroxyl groups is 1. The van der Waals surface area contributed by atoms with Gasteiger partial charge < -0.3 is 9.84 Å². The number of rotatable bonds is 3. The van der Waals surface area contributed by atoms with Crippen LogP contribution in [0.3, 0.4) is 0 Å². The van der Waals surface area contributed by atoms with Gasteiger partial charge in [0.1, 0.15) is 29.5 Å². The summed E-state index contributed by atoms with van der Waals surface area (Å²) in [5.41, 5.74) is 3.89. The molecule has 0 aliphatic carbocycles. The number of anilines is 1. The fourth-order valence-corrected chi connectivity index (χ4v) is 6.38. The molecule has 1 saturated heterocycles. The largest absolute Gasteiger partial charge is 0.507 e. The van der Waals surface area contributed by atoms with Crippen molar-refractivity contribution in [3.63, 3.8) is 0 Å². The summed E-state index contributed by atoms with van der Waals surface area (Å²) in [7, 11) is 0. The Balaban J connectivity index is 1.56. The van der Waals surface area contributed by atoms with Crippen LogP contribution in [0, 0.1) is 19.7 Å². The molecule has 3 aromatic carbocycles. The van der Waals surface area contributed by atoms with Crippen molar-refractivity contribution in [3.8, 4) is 5.75 Å². The number of halogens is 1. The van der Waals surface area contributed by atoms with Gasteiger partial charge in [-0.1, -0.05) is 35.6 Å². The second-order valence-electron chi connectivity index (χ2n) is 9.57. The van der Waals surface area contributed by atoms with Crippen LogP contribution in [0.2, 0.25) is 0 Å². The van der Waals surface area contributed by atoms with Crippen LogP contribution >= 0.6 is 11.3 Å². The Hall–Kier alpha value is -4.04. The van der Waals surface area contributed by atoms with Gasteiger partial charge >= 0.3 is 5.91 Å². The van der Waals surface area contributed by atoms with Crippen LogP contribution in [-0.4, -0.2) is 27.9 Å². The van der Waals surface area contributed by atoms with Crippen molar-refractivity contribution in [2.24, 2.45) is 0 Å². The van der Waals surface area contributed by atoms with Gasteiger partial charge in [0, 0.05) is 17.5 Å². The van der Waals surface area contributed by atoms with Gasteiger partial charge in [-0.3, -0.25) is 14.5 Å². The van der Waals surface area contributed by atoms with Gasteiger partial charge in [-0.2, -0.15) is 0 Å². The first-order valence-corrected chi connectivity index (χ1v) is 12.8. The molecule has 1 N–H and O–H groups in total. The molecule has 6 nitrogen and oxygen atoms in total. The number of thiazole rings is 1. The van der Waals surface area contributed by atoms with E-state index in [1.54, 1.807) is 24.3 Å². The third-order valence-corrected chi connectivity index (χ3v) is 7.84. The Kier molecular flexibility index (Phi) is 5.38. The zero-order valence-corrected chi connectivity index (χ0v) is 21.2. The van der Waals surface area contributed by atoms with E-state index in [4.69, 9.17) is 4.74 Å². The molecule has 0 unspecified atom stereocenters. The summed E-state index contributed by atoms with van der Waals surface area (Å²) in [5, 5.41) is 11.7. The van der Waals surface area contributed by atoms with Crippen molar-refractivity contribution in [1.29, 1.82) is 0 Å². The van der Waals surface area contributed by atoms with E-state index in [1.165, 1.54) is 34.4 Å². The maximum Gasteiger partial charge on any atom is 0.301 e. The summed E-state index contributed by atoms with van der Waals surface area (Å²) < 4.78 is 21.8. The molecule has 1 amide bonds. The molecule has 0 radical (unpaired) electrons. The van der Waals surface area contributed by atoms with Crippen LogP contribution in [0.5, 0.6) is 5.75 Å². The molecule has 0 spiro atoms. The SMILES string of the molecule is Cc1cc(C)c2nc(N3C(=O)C(=O)/C(=C(/O)c4ccc5c(c4)C[C@H](C)O5)[C@@H]3c3ccccc3F)sc2c1. The van der Waals surface area contributed by atoms with E-state index in [0.717, 1.165) is 27.1 Å². The van der Waals surface area contributed by atoms with Crippen molar-refractivity contribution in [2.45, 2.75) is 39.3 Å². The molecule has 0 bridgehead atoms. The van der Waals surface area contributed by atoms with Gasteiger partial charge in [-0.25, -0.2) is 9.37 Å². The normalized spacial score (nSPS) is 20.5. The lowest BCUT2D eigenvalue weighted by molar-refractivity contribution is -0.132. The second kappa shape index (κ2) is 8.52. The van der Waals surface area contributed by atoms with E-state index in [-0.39, 0.29) is 28.1 Å². The van der Waals surface area contributed by atoms with Gasteiger partial charge in [0.25, 0.3) is 5.78 Å². The number of aromatic nitrogens is 1. The first kappa shape index (κ1) is 23.4. The van der Waals surface area contributed by atoms with Crippen molar-refractivity contribution in [3.05, 3.63) is 93.8 Å². The minimum Gasteiger partial charge on any atom is -0.507 e. The number of Topliss-reactive ketones (excluding diaryl/α,β-unsaturated/α-hetero) is 1. The van der Waals surface area contributed by atoms with E-state index in [1.807, 2.05) is 32.9 Å². The number of aryl methyl sites for hydroxylation is 2. The van der Waals surface area contributed by atoms with Crippen molar-refractivity contribution < 1.29 is 23.8 Å². The van der Waals surface area contributed by atoms with Crippen LogP contribution < -0.4 is 9.64 Å². The Morgan fingerprint density at radius 3 is 2.70 bits per heavy atom. The van der Waals surface area contributed by atoms with Crippen molar-refractivity contribution in [2.75, 3.05) is 4.90 Å². The van der Waals surface area contributed by atoms with E-state index < -0.39 is 23.5 Å². The number of nitrogens with zero attached hydrogens (tertiary/aromatic N) is 2. The molecule has 186 valence electrons. The van der Waals surface area contributed by atoms with Crippen LogP contribution in [0.1, 0.15) is 40.8 Å². The average molecular weight is 515 g/mol. The van der Waals surface area contributed by atoms with Gasteiger partial charge in [0.05, 0.1) is 15.8 Å². The highest BCUT2D eigenvalue weighted by Crippen LogP contribution is 2.45. The van der Waals surface area contributed by atoms with Crippen LogP contribution in [-0.2, 0) is 16.0 Å². The van der Waals surface area contributed by atoms with Crippen LogP contribution in [0.15, 0.2) is 60.2 Å². The minimum absolute atomic E-state index is 0.00233. The molecule has 1 aromatic heterocycles. The Morgan fingerprint density at radius 2 is 1.92 bits per heavy atom. The number of benzene rings is 3. The molecule has 1 fully saturated rings. The highest BCUT2D eigenvalue weighted by Gasteiger charge is 2.49. The van der Waals surface area contributed by atoms with E-state index in [9.17, 15) is 14.7 Å². The number of ketones is 1. The Bertz CT molecular complexity index is 1660. The van der Waals surface area contributed by atoms with Crippen molar-refractivity contribution >= 4 is 44.1 Å². The highest BCUT2D eigenvalue weighted by molar-refractivity contribution is 7.22. The topological polar surface area (TPSA) is 79.7 Å². The molecule has 0 saturated carbocycles. The quantitative estimate of drug-likeness (QED) is 0.206. The average Bonchev–Trinajstić information content (AvgIpc) is 3.52. The smallest absolute Gasteiger partial charge is 0.301 e. The van der Waals surface area contributed by atoms with E-state index >= 15 is 4.39 Å². The highest BCUT2D eigenvalue weighted by atomic mass is 32.1. The lowest BCUT2D eigenvalue weighted by Gasteiger charge is -2.23. The summed E-state index contributed by atoms with van der Waals surface area (Å²) >= 11 is 1.26. The lowest BCUT2D eigenvalue weighted by Crippen LogP contribution is -2.29. The number of amides is 1. The summed E-state index contributed by atoms with van der Waals surface area (Å²) in [6, 6.07) is 13.9. The zero-order valence-electron chi connectivity index (χ0n) is 20.4. The third kappa shape index (κ3) is 3.71. The first-order chi connectivity index (χ1) is 17.7. The van der Waals surface area contributed by atoms with Crippen LogP contribution in [0.25, 0.3) is 16.0 Å². The number of ether oxygens (including phenoxy) is 1. The molecular weight excluding hydrogens is 491 g/mol. The molecule has 3 heterocycles. The monoisotopic (exact) mass is 514 g/mol. The van der Waals surface area contributed by atoms with Crippen molar-refractivity contribution in [1.82, 2.24) is 4.98 Å². The Morgan fingerprint density at radius 1 is 1.14 bits per heavy atom. The number of carbonyl (C=O) groups excluding carboxylic acids is 2. The third-order valence-electron chi connectivity index (χ3n) is 6.84. The second-order valence-corrected chi connectivity index (χ2v) is 10.6. The summed E-state index contributed by atoms with van der Waals surface area (Å²) in [6.07, 6.45) is 0.661. The van der Waals surface area contributed by atoms with Gasteiger partial charge in [0.2, 0.25) is 0 Å². The van der Waals surface area contributed by atoms with E-state index in [2.05, 4.69) is 4.98 Å². The number of hydrogen-bond acceptors (Lipinski definition) is 6. The number of hydrogen-bond donors (Lipinski definition) is 1. The fraction of sp³-hybridized carbons (Fsp3) is 0.207. The Labute approximate surface area is 216 Å². The molecule has 37 heavy (non-hydrogen) atoms. The molecule has 2 aliphatic rings. The van der Waals surface area contributed by atoms with Gasteiger partial charge in [0.15, 0.2) is 5.13 Å². The van der Waals surface area contributed by atoms with Gasteiger partial charge in [-0.05, 0) is 67.8 Å². The number of fused-ring (bicyclic) bond motifs is 2. The molecule has 8 heteroatoms. The molecule has 2 atom stereocenters. The zero-order chi connectivity index (χ0) is 26.0. The number of aliphatic hydroxyl groups excluding tert-OH is 1. The standard InChI is InChI=1S/C29H23FN2O4S/c1-14-10-15(2)24-22(11-14)37-29(31-24)32-25(19-6-4-5-7-20(19)30)23(27(34)28(32)35)26(33)17-8-9-21-18(13-17)12-16(3)36-21/h4-11,13,16,25,33H,12H2,1-3H3/b26-23+/t16-,25-/m0/s1. The number of carbonyl (C=O) groups is 2. The molecular formula is C29H23FN2O4S. The van der Waals surface area contributed by atoms with Gasteiger partial charge in [-0.15, -0.1) is 0 Å². The lowest BCUT2D eigenvalue weighted by atomic mass is 9.94. The van der Waals surface area contributed by atoms with E-state index in [0.29, 0.717) is 17.5 Å². The first-order valence-electron chi connectivity index (χ1n) is 12.0. The maximum atomic E-state index is 15.2. The summed E-state index contributed by atoms with van der Waals surface area (Å²) in [4.78, 5) is 32.8. The minimum atomic E-state index is -1.17. The molecule has 4 aromatic rings. The predicted molar refractivity (Wildman–Crippen MR) is 141 cm³/mol. The summed E-state index contributed by atoms with van der Waals surface area (Å²) in [6.45, 7) is 5.85. The molecule has 2 aliphatic heterocycles. The fourth-order valence-electron chi connectivity index (χ4n) is 5.21. The predicted octanol–water partition coefficient (Wildman–Crippen LogP) is 6.00.